The summed E-state index contributed by atoms with van der Waals surface area (Å²) in [5, 5.41) is 6.54. The van der Waals surface area contributed by atoms with Gasteiger partial charge in [-0.3, -0.25) is 19.2 Å². The van der Waals surface area contributed by atoms with Crippen molar-refractivity contribution < 1.29 is 23.7 Å². The minimum Gasteiger partial charge on any atom is -0.342 e. The molecule has 1 aliphatic rings. The van der Waals surface area contributed by atoms with E-state index in [4.69, 9.17) is 11.6 Å². The first-order valence-electron chi connectivity index (χ1n) is 15.5. The van der Waals surface area contributed by atoms with Gasteiger partial charge in [-0.2, -0.15) is 0 Å². The van der Waals surface area contributed by atoms with Crippen LogP contribution in [0.15, 0.2) is 72.8 Å². The minimum absolute atomic E-state index is 0.00936. The number of halogens is 1. The molecule has 4 rings (SSSR count). The first-order chi connectivity index (χ1) is 21.4. The topological polar surface area (TPSA) is 95.6 Å². The number of benzene rings is 3. The summed E-state index contributed by atoms with van der Waals surface area (Å²) >= 11 is 6.18. The highest BCUT2D eigenvalue weighted by Gasteiger charge is 2.36. The van der Waals surface area contributed by atoms with E-state index in [0.717, 1.165) is 40.6 Å². The molecule has 45 heavy (non-hydrogen) atoms. The summed E-state index contributed by atoms with van der Waals surface area (Å²) in [6.45, 7) is 3.06. The normalized spacial score (nSPS) is 15.1. The van der Waals surface area contributed by atoms with Gasteiger partial charge >= 0.3 is 0 Å². The first-order valence-corrected chi connectivity index (χ1v) is 15.9. The number of carbonyl (C=O) groups excluding carboxylic acids is 4. The van der Waals surface area contributed by atoms with Gasteiger partial charge in [-0.1, -0.05) is 66.2 Å². The van der Waals surface area contributed by atoms with Gasteiger partial charge < -0.3 is 20.0 Å². The second-order valence-electron chi connectivity index (χ2n) is 12.8. The van der Waals surface area contributed by atoms with Crippen LogP contribution in [-0.4, -0.2) is 72.7 Å². The fourth-order valence-electron chi connectivity index (χ4n) is 5.57. The summed E-state index contributed by atoms with van der Waals surface area (Å²) in [4.78, 5) is 55.4. The molecule has 0 fully saturated rings. The Morgan fingerprint density at radius 1 is 0.911 bits per heavy atom. The van der Waals surface area contributed by atoms with Crippen LogP contribution in [0.5, 0.6) is 0 Å². The van der Waals surface area contributed by atoms with Crippen LogP contribution in [-0.2, 0) is 27.3 Å². The van der Waals surface area contributed by atoms with Gasteiger partial charge in [0, 0.05) is 42.1 Å². The molecular weight excluding hydrogens is 588 g/mol. The van der Waals surface area contributed by atoms with Gasteiger partial charge in [0.2, 0.25) is 17.7 Å². The molecule has 0 aliphatic carbocycles. The second-order valence-corrected chi connectivity index (χ2v) is 13.2. The quantitative estimate of drug-likeness (QED) is 0.147. The van der Waals surface area contributed by atoms with Crippen LogP contribution in [0.1, 0.15) is 59.2 Å². The number of amides is 3. The second kappa shape index (κ2) is 15.3. The SMILES string of the molecule is Cc1cc(NC(=O)[C@H](CCCC[N+](C)(C)C)NC(=O)[C@@H]2Cc3ccccc3CN2C(=O)CCC(=O)c2ccccc2)ccc1Cl. The lowest BCUT2D eigenvalue weighted by atomic mass is 9.92. The predicted molar refractivity (Wildman–Crippen MR) is 178 cm³/mol. The number of carbonyl (C=O) groups is 4. The third kappa shape index (κ3) is 9.74. The lowest BCUT2D eigenvalue weighted by molar-refractivity contribution is -0.870. The highest BCUT2D eigenvalue weighted by atomic mass is 35.5. The third-order valence-corrected chi connectivity index (χ3v) is 8.59. The summed E-state index contributed by atoms with van der Waals surface area (Å²) < 4.78 is 0.804. The van der Waals surface area contributed by atoms with Crippen molar-refractivity contribution in [1.29, 1.82) is 0 Å². The lowest BCUT2D eigenvalue weighted by Gasteiger charge is -2.37. The van der Waals surface area contributed by atoms with Crippen LogP contribution in [0.4, 0.5) is 5.69 Å². The average molecular weight is 632 g/mol. The molecule has 0 unspecified atom stereocenters. The van der Waals surface area contributed by atoms with E-state index < -0.39 is 12.1 Å². The summed E-state index contributed by atoms with van der Waals surface area (Å²) in [5.74, 6) is -1.09. The Morgan fingerprint density at radius 3 is 2.29 bits per heavy atom. The highest BCUT2D eigenvalue weighted by molar-refractivity contribution is 6.31. The Hall–Kier alpha value is -4.01. The van der Waals surface area contributed by atoms with E-state index in [9.17, 15) is 19.2 Å². The Balaban J connectivity index is 1.51. The summed E-state index contributed by atoms with van der Waals surface area (Å²) in [6, 6.07) is 20.3. The first kappa shape index (κ1) is 33.9. The molecule has 1 aliphatic heterocycles. The van der Waals surface area contributed by atoms with E-state index in [2.05, 4.69) is 31.8 Å². The monoisotopic (exact) mass is 631 g/mol. The van der Waals surface area contributed by atoms with Gasteiger partial charge in [0.1, 0.15) is 12.1 Å². The maximum atomic E-state index is 14.0. The molecular formula is C36H44ClN4O4+. The summed E-state index contributed by atoms with van der Waals surface area (Å²) in [6.07, 6.45) is 2.45. The average Bonchev–Trinajstić information content (AvgIpc) is 3.02. The zero-order valence-corrected chi connectivity index (χ0v) is 27.4. The predicted octanol–water partition coefficient (Wildman–Crippen LogP) is 5.56. The van der Waals surface area contributed by atoms with Crippen LogP contribution < -0.4 is 10.6 Å². The van der Waals surface area contributed by atoms with Crippen molar-refractivity contribution in [2.75, 3.05) is 33.0 Å². The van der Waals surface area contributed by atoms with Crippen LogP contribution in [0.3, 0.4) is 0 Å². The number of nitrogens with one attached hydrogen (secondary N) is 2. The molecule has 3 amide bonds. The van der Waals surface area contributed by atoms with Crippen LogP contribution in [0.2, 0.25) is 5.02 Å². The number of ketones is 1. The molecule has 3 aromatic rings. The maximum Gasteiger partial charge on any atom is 0.246 e. The van der Waals surface area contributed by atoms with E-state index in [1.54, 1.807) is 47.4 Å². The summed E-state index contributed by atoms with van der Waals surface area (Å²) in [7, 11) is 6.36. The molecule has 0 bridgehead atoms. The number of nitrogens with zero attached hydrogens (tertiary/aromatic N) is 2. The Morgan fingerprint density at radius 2 is 1.60 bits per heavy atom. The largest absolute Gasteiger partial charge is 0.342 e. The number of hydrogen-bond acceptors (Lipinski definition) is 4. The van der Waals surface area contributed by atoms with Crippen molar-refractivity contribution in [3.63, 3.8) is 0 Å². The van der Waals surface area contributed by atoms with Gasteiger partial charge in [0.05, 0.1) is 27.7 Å². The number of quaternary nitrogens is 1. The number of unbranched alkanes of at least 4 members (excludes halogenated alkanes) is 1. The van der Waals surface area contributed by atoms with Crippen molar-refractivity contribution >= 4 is 40.8 Å². The fourth-order valence-corrected chi connectivity index (χ4v) is 5.69. The van der Waals surface area contributed by atoms with E-state index in [-0.39, 0.29) is 42.9 Å². The maximum absolute atomic E-state index is 14.0. The standard InChI is InChI=1S/C36H43ClN4O4/c1-25-22-29(17-18-30(25)37)38-35(44)31(16-10-11-21-41(2,3)4)39-36(45)32-23-27-14-8-9-15-28(27)24-40(32)34(43)20-19-33(42)26-12-6-5-7-13-26/h5-9,12-15,17-18,22,31-32H,10-11,16,19-21,23-24H2,1-4H3,(H-,38,39,44,45)/p+1/t31-,32-/m0/s1. The van der Waals surface area contributed by atoms with Gasteiger partial charge in [0.15, 0.2) is 5.78 Å². The third-order valence-electron chi connectivity index (χ3n) is 8.16. The van der Waals surface area contributed by atoms with E-state index in [0.29, 0.717) is 29.1 Å². The molecule has 0 saturated carbocycles. The number of rotatable bonds is 13. The molecule has 0 radical (unpaired) electrons. The Bertz CT molecular complexity index is 1520. The Kier molecular flexibility index (Phi) is 11.5. The number of aryl methyl sites for hydroxylation is 1. The van der Waals surface area contributed by atoms with Crippen LogP contribution in [0.25, 0.3) is 0 Å². The van der Waals surface area contributed by atoms with Crippen LogP contribution in [0, 0.1) is 6.92 Å². The fraction of sp³-hybridized carbons (Fsp3) is 0.389. The molecule has 2 N–H and O–H groups in total. The molecule has 9 heteroatoms. The van der Waals surface area contributed by atoms with Gasteiger partial charge in [-0.05, 0) is 61.1 Å². The van der Waals surface area contributed by atoms with Gasteiger partial charge in [-0.15, -0.1) is 0 Å². The molecule has 0 aromatic heterocycles. The van der Waals surface area contributed by atoms with Crippen molar-refractivity contribution in [2.24, 2.45) is 0 Å². The van der Waals surface area contributed by atoms with E-state index in [1.807, 2.05) is 37.3 Å². The smallest absolute Gasteiger partial charge is 0.246 e. The molecule has 1 heterocycles. The minimum atomic E-state index is -0.807. The molecule has 238 valence electrons. The Labute approximate surface area is 271 Å². The van der Waals surface area contributed by atoms with Crippen molar-refractivity contribution in [1.82, 2.24) is 10.2 Å². The zero-order valence-electron chi connectivity index (χ0n) is 26.6. The van der Waals surface area contributed by atoms with Gasteiger partial charge in [0.25, 0.3) is 0 Å². The van der Waals surface area contributed by atoms with Gasteiger partial charge in [-0.25, -0.2) is 0 Å². The van der Waals surface area contributed by atoms with Crippen molar-refractivity contribution in [3.8, 4) is 0 Å². The molecule has 3 aromatic carbocycles. The molecule has 0 saturated heterocycles. The number of Topliss-reactive ketones (excluding diaryl/α,β-unsaturated/α-hetero) is 1. The van der Waals surface area contributed by atoms with Crippen molar-refractivity contribution in [2.45, 2.75) is 64.1 Å². The number of anilines is 1. The van der Waals surface area contributed by atoms with Crippen molar-refractivity contribution in [3.05, 3.63) is 100 Å². The number of hydrogen-bond donors (Lipinski definition) is 2. The van der Waals surface area contributed by atoms with Crippen LogP contribution >= 0.6 is 11.6 Å². The number of fused-ring (bicyclic) bond motifs is 1. The van der Waals surface area contributed by atoms with E-state index in [1.165, 1.54) is 0 Å². The highest BCUT2D eigenvalue weighted by Crippen LogP contribution is 2.25. The lowest BCUT2D eigenvalue weighted by Crippen LogP contribution is -2.56. The zero-order chi connectivity index (χ0) is 32.6. The van der Waals surface area contributed by atoms with E-state index >= 15 is 0 Å². The summed E-state index contributed by atoms with van der Waals surface area (Å²) in [5.41, 5.74) is 3.94. The molecule has 8 nitrogen and oxygen atoms in total. The molecule has 0 spiro atoms. The molecule has 2 atom stereocenters.